The maximum absolute atomic E-state index is 13.7. The molecule has 5 aromatic rings. The fourth-order valence-corrected chi connectivity index (χ4v) is 5.61. The molecule has 0 aliphatic heterocycles. The summed E-state index contributed by atoms with van der Waals surface area (Å²) in [7, 11) is 0. The highest BCUT2D eigenvalue weighted by Gasteiger charge is 2.26. The van der Waals surface area contributed by atoms with E-state index in [1.165, 1.54) is 0 Å². The second-order valence-corrected chi connectivity index (χ2v) is 10.4. The smallest absolute Gasteiger partial charge is 0.333 e. The van der Waals surface area contributed by atoms with Gasteiger partial charge in [0.2, 0.25) is 0 Å². The van der Waals surface area contributed by atoms with E-state index in [1.54, 1.807) is 36.1 Å². The Labute approximate surface area is 224 Å². The van der Waals surface area contributed by atoms with Gasteiger partial charge in [0.25, 0.3) is 5.91 Å². The Hall–Kier alpha value is -4.04. The zero-order valence-corrected chi connectivity index (χ0v) is 21.7. The second-order valence-electron chi connectivity index (χ2n) is 9.93. The van der Waals surface area contributed by atoms with Crippen molar-refractivity contribution in [3.05, 3.63) is 93.9 Å². The molecule has 0 bridgehead atoms. The van der Waals surface area contributed by atoms with Crippen LogP contribution >= 0.6 is 11.6 Å². The number of aryl methyl sites for hydroxylation is 1. The topological polar surface area (TPSA) is 94.7 Å². The van der Waals surface area contributed by atoms with Gasteiger partial charge in [-0.05, 0) is 74.9 Å². The Balaban J connectivity index is 1.21. The van der Waals surface area contributed by atoms with E-state index in [-0.39, 0.29) is 17.6 Å². The van der Waals surface area contributed by atoms with Gasteiger partial charge in [-0.15, -0.1) is 0 Å². The zero-order valence-electron chi connectivity index (χ0n) is 21.0. The van der Waals surface area contributed by atoms with Crippen LogP contribution in [0.4, 0.5) is 0 Å². The molecule has 4 heterocycles. The molecule has 1 N–H and O–H groups in total. The van der Waals surface area contributed by atoms with Gasteiger partial charge in [0.1, 0.15) is 0 Å². The number of amides is 1. The van der Waals surface area contributed by atoms with E-state index in [1.807, 2.05) is 47.0 Å². The van der Waals surface area contributed by atoms with Gasteiger partial charge in [0.05, 0.1) is 50.2 Å². The Bertz CT molecular complexity index is 1720. The number of fused-ring (bicyclic) bond motifs is 2. The zero-order chi connectivity index (χ0) is 26.2. The lowest BCUT2D eigenvalue weighted by Gasteiger charge is -2.29. The van der Waals surface area contributed by atoms with Gasteiger partial charge in [-0.3, -0.25) is 28.9 Å². The Morgan fingerprint density at radius 2 is 1.76 bits per heavy atom. The number of nitrogens with one attached hydrogen (secondary N) is 1. The van der Waals surface area contributed by atoms with Crippen molar-refractivity contribution in [1.29, 1.82) is 0 Å². The molecule has 6 rings (SSSR count). The van der Waals surface area contributed by atoms with E-state index < -0.39 is 0 Å². The van der Waals surface area contributed by atoms with Gasteiger partial charge >= 0.3 is 5.69 Å². The van der Waals surface area contributed by atoms with E-state index in [4.69, 9.17) is 11.6 Å². The number of rotatable bonds is 5. The van der Waals surface area contributed by atoms with Gasteiger partial charge in [0, 0.05) is 25.0 Å². The van der Waals surface area contributed by atoms with Crippen LogP contribution in [-0.4, -0.2) is 36.0 Å². The molecule has 1 fully saturated rings. The van der Waals surface area contributed by atoms with E-state index >= 15 is 0 Å². The first-order chi connectivity index (χ1) is 18.5. The summed E-state index contributed by atoms with van der Waals surface area (Å²) in [4.78, 5) is 39.6. The minimum Gasteiger partial charge on any atom is -0.349 e. The van der Waals surface area contributed by atoms with Crippen LogP contribution in [0, 0.1) is 12.8 Å². The lowest BCUT2D eigenvalue weighted by molar-refractivity contribution is 0.0919. The minimum atomic E-state index is -0.140. The largest absolute Gasteiger partial charge is 0.349 e. The van der Waals surface area contributed by atoms with E-state index in [2.05, 4.69) is 20.3 Å². The van der Waals surface area contributed by atoms with Crippen molar-refractivity contribution in [3.8, 4) is 5.69 Å². The first kappa shape index (κ1) is 24.3. The summed E-state index contributed by atoms with van der Waals surface area (Å²) in [6.07, 6.45) is 8.56. The SMILES string of the molecule is Cc1ncc(Cl)cc1C(=O)N[C@H]1CC[C@H](Cn2c(=O)n(-c3cnc4cccnc4c3)c3ccccc32)CC1. The van der Waals surface area contributed by atoms with Crippen LogP contribution in [0.3, 0.4) is 0 Å². The van der Waals surface area contributed by atoms with Crippen LogP contribution in [0.1, 0.15) is 41.7 Å². The van der Waals surface area contributed by atoms with Crippen LogP contribution in [0.25, 0.3) is 27.8 Å². The number of carbonyl (C=O) groups excluding carboxylic acids is 1. The van der Waals surface area contributed by atoms with Crippen molar-refractivity contribution >= 4 is 39.6 Å². The van der Waals surface area contributed by atoms with Crippen molar-refractivity contribution in [2.45, 2.75) is 45.2 Å². The molecule has 0 atom stereocenters. The molecular formula is C29H27ClN6O2. The third-order valence-corrected chi connectivity index (χ3v) is 7.66. The van der Waals surface area contributed by atoms with Gasteiger partial charge in [-0.1, -0.05) is 23.7 Å². The lowest BCUT2D eigenvalue weighted by Crippen LogP contribution is -2.39. The standard InChI is InChI=1S/C29H27ClN6O2/c1-18-23(13-20(30)15-32-18)28(37)34-21-10-8-19(9-11-21)17-35-26-6-2-3-7-27(26)36(29(35)38)22-14-25-24(33-16-22)5-4-12-31-25/h2-7,12-16,19,21H,8-11,17H2,1H3,(H,34,37)/t19-,21-. The highest BCUT2D eigenvalue weighted by Crippen LogP contribution is 2.28. The Morgan fingerprint density at radius 1 is 0.974 bits per heavy atom. The Morgan fingerprint density at radius 3 is 2.58 bits per heavy atom. The molecule has 1 aromatic carbocycles. The van der Waals surface area contributed by atoms with Gasteiger partial charge in [-0.25, -0.2) is 4.79 Å². The number of pyridine rings is 3. The maximum atomic E-state index is 13.7. The van der Waals surface area contributed by atoms with Crippen molar-refractivity contribution in [1.82, 2.24) is 29.4 Å². The molecule has 0 unspecified atom stereocenters. The predicted octanol–water partition coefficient (Wildman–Crippen LogP) is 5.08. The minimum absolute atomic E-state index is 0.0809. The molecule has 8 nitrogen and oxygen atoms in total. The third-order valence-electron chi connectivity index (χ3n) is 7.45. The summed E-state index contributed by atoms with van der Waals surface area (Å²) < 4.78 is 3.60. The van der Waals surface area contributed by atoms with Gasteiger partial charge < -0.3 is 5.32 Å². The number of halogens is 1. The molecule has 0 spiro atoms. The first-order valence-electron chi connectivity index (χ1n) is 12.8. The molecule has 0 saturated heterocycles. The van der Waals surface area contributed by atoms with E-state index in [0.717, 1.165) is 47.8 Å². The van der Waals surface area contributed by atoms with Crippen molar-refractivity contribution in [2.75, 3.05) is 0 Å². The molecule has 9 heteroatoms. The molecule has 192 valence electrons. The van der Waals surface area contributed by atoms with E-state index in [9.17, 15) is 9.59 Å². The average Bonchev–Trinajstić information content (AvgIpc) is 3.21. The predicted molar refractivity (Wildman–Crippen MR) is 148 cm³/mol. The summed E-state index contributed by atoms with van der Waals surface area (Å²) in [5.41, 5.74) is 5.08. The molecule has 1 amide bonds. The molecule has 1 aliphatic carbocycles. The van der Waals surface area contributed by atoms with Crippen molar-refractivity contribution in [2.24, 2.45) is 5.92 Å². The number of benzene rings is 1. The fraction of sp³-hybridized carbons (Fsp3) is 0.276. The second kappa shape index (κ2) is 10.0. The van der Waals surface area contributed by atoms with Gasteiger partial charge in [-0.2, -0.15) is 0 Å². The third kappa shape index (κ3) is 4.56. The summed E-state index contributed by atoms with van der Waals surface area (Å²) in [5, 5.41) is 3.59. The first-order valence-corrected chi connectivity index (χ1v) is 13.2. The highest BCUT2D eigenvalue weighted by molar-refractivity contribution is 6.30. The molecule has 1 aliphatic rings. The molecule has 1 saturated carbocycles. The summed E-state index contributed by atoms with van der Waals surface area (Å²) in [6, 6.07) is 15.3. The number of hydrogen-bond acceptors (Lipinski definition) is 5. The number of nitrogens with zero attached hydrogens (tertiary/aromatic N) is 5. The van der Waals surface area contributed by atoms with Crippen molar-refractivity contribution < 1.29 is 4.79 Å². The number of aromatic nitrogens is 5. The van der Waals surface area contributed by atoms with Crippen molar-refractivity contribution in [3.63, 3.8) is 0 Å². The quantitative estimate of drug-likeness (QED) is 0.344. The number of imidazole rings is 1. The number of hydrogen-bond donors (Lipinski definition) is 1. The normalized spacial score (nSPS) is 17.6. The maximum Gasteiger partial charge on any atom is 0.333 e. The molecule has 4 aromatic heterocycles. The van der Waals surface area contributed by atoms with Crippen LogP contribution in [0.2, 0.25) is 5.02 Å². The van der Waals surface area contributed by atoms with Crippen LogP contribution in [0.15, 0.2) is 71.9 Å². The monoisotopic (exact) mass is 526 g/mol. The summed E-state index contributed by atoms with van der Waals surface area (Å²) >= 11 is 6.04. The van der Waals surface area contributed by atoms with Crippen LogP contribution in [0.5, 0.6) is 0 Å². The van der Waals surface area contributed by atoms with Crippen LogP contribution < -0.4 is 11.0 Å². The summed E-state index contributed by atoms with van der Waals surface area (Å²) in [6.45, 7) is 2.43. The molecule has 38 heavy (non-hydrogen) atoms. The average molecular weight is 527 g/mol. The van der Waals surface area contributed by atoms with Gasteiger partial charge in [0.15, 0.2) is 0 Å². The number of para-hydroxylation sites is 2. The number of carbonyl (C=O) groups is 1. The Kier molecular flexibility index (Phi) is 6.41. The van der Waals surface area contributed by atoms with E-state index in [0.29, 0.717) is 34.4 Å². The lowest BCUT2D eigenvalue weighted by atomic mass is 9.85. The highest BCUT2D eigenvalue weighted by atomic mass is 35.5. The van der Waals surface area contributed by atoms with Crippen LogP contribution in [-0.2, 0) is 6.54 Å². The summed E-state index contributed by atoms with van der Waals surface area (Å²) in [5.74, 6) is 0.199. The fourth-order valence-electron chi connectivity index (χ4n) is 5.45. The molecular weight excluding hydrogens is 500 g/mol. The molecule has 0 radical (unpaired) electrons.